The van der Waals surface area contributed by atoms with E-state index in [0.717, 1.165) is 12.2 Å². The van der Waals surface area contributed by atoms with Crippen molar-refractivity contribution in [2.45, 2.75) is 26.4 Å². The first-order valence-corrected chi connectivity index (χ1v) is 6.61. The summed E-state index contributed by atoms with van der Waals surface area (Å²) in [7, 11) is 1.65. The molecule has 19 heavy (non-hydrogen) atoms. The van der Waals surface area contributed by atoms with Crippen LogP contribution >= 0.6 is 0 Å². The van der Waals surface area contributed by atoms with Gasteiger partial charge in [0.1, 0.15) is 6.61 Å². The first-order chi connectivity index (χ1) is 9.22. The molecule has 0 saturated carbocycles. The molecule has 0 aliphatic carbocycles. The van der Waals surface area contributed by atoms with Crippen molar-refractivity contribution in [3.63, 3.8) is 0 Å². The van der Waals surface area contributed by atoms with E-state index in [-0.39, 0.29) is 0 Å². The Bertz CT molecular complexity index is 345. The summed E-state index contributed by atoms with van der Waals surface area (Å²) in [6.45, 7) is 7.20. The molecule has 0 bridgehead atoms. The van der Waals surface area contributed by atoms with Crippen LogP contribution < -0.4 is 10.1 Å². The van der Waals surface area contributed by atoms with Crippen LogP contribution in [0.4, 0.5) is 0 Å². The smallest absolute Gasteiger partial charge is 0.213 e. The number of hydrogen-bond donors (Lipinski definition) is 1. The molecule has 0 aliphatic rings. The van der Waals surface area contributed by atoms with Crippen molar-refractivity contribution in [1.82, 2.24) is 10.3 Å². The quantitative estimate of drug-likeness (QED) is 0.654. The zero-order valence-electron chi connectivity index (χ0n) is 12.0. The van der Waals surface area contributed by atoms with E-state index in [1.165, 1.54) is 0 Å². The summed E-state index contributed by atoms with van der Waals surface area (Å²) in [6, 6.07) is 6.23. The molecule has 1 heterocycles. The standard InChI is InChI=1S/C14H24N2O3/c1-12(2)15-11-13-5-4-6-14(16-13)19-10-9-18-8-7-17-3/h4-6,12,15H,7-11H2,1-3H3. The lowest BCUT2D eigenvalue weighted by molar-refractivity contribution is 0.0536. The Morgan fingerprint density at radius 3 is 2.68 bits per heavy atom. The van der Waals surface area contributed by atoms with Gasteiger partial charge in [0.2, 0.25) is 5.88 Å². The largest absolute Gasteiger partial charge is 0.475 e. The molecule has 5 heteroatoms. The van der Waals surface area contributed by atoms with Crippen LogP contribution in [0.15, 0.2) is 18.2 Å². The zero-order valence-corrected chi connectivity index (χ0v) is 12.0. The number of ether oxygens (including phenoxy) is 3. The van der Waals surface area contributed by atoms with Crippen LogP contribution in [0.25, 0.3) is 0 Å². The van der Waals surface area contributed by atoms with Crippen molar-refractivity contribution in [2.75, 3.05) is 33.5 Å². The molecule has 0 atom stereocenters. The molecule has 5 nitrogen and oxygen atoms in total. The average Bonchev–Trinajstić information content (AvgIpc) is 2.41. The first-order valence-electron chi connectivity index (χ1n) is 6.61. The summed E-state index contributed by atoms with van der Waals surface area (Å²) in [5, 5.41) is 3.32. The fourth-order valence-electron chi connectivity index (χ4n) is 1.39. The van der Waals surface area contributed by atoms with Crippen molar-refractivity contribution in [3.8, 4) is 5.88 Å². The van der Waals surface area contributed by atoms with Crippen molar-refractivity contribution in [1.29, 1.82) is 0 Å². The van der Waals surface area contributed by atoms with E-state index in [2.05, 4.69) is 24.1 Å². The maximum absolute atomic E-state index is 5.53. The Morgan fingerprint density at radius 1 is 1.16 bits per heavy atom. The average molecular weight is 268 g/mol. The fourth-order valence-corrected chi connectivity index (χ4v) is 1.39. The van der Waals surface area contributed by atoms with Crippen LogP contribution in [0.3, 0.4) is 0 Å². The molecule has 0 amide bonds. The first kappa shape index (κ1) is 15.9. The highest BCUT2D eigenvalue weighted by molar-refractivity contribution is 5.15. The second-order valence-electron chi connectivity index (χ2n) is 4.46. The van der Waals surface area contributed by atoms with Gasteiger partial charge in [0.05, 0.1) is 25.5 Å². The Kier molecular flexibility index (Phi) is 8.13. The van der Waals surface area contributed by atoms with Gasteiger partial charge in [-0.15, -0.1) is 0 Å². The second-order valence-corrected chi connectivity index (χ2v) is 4.46. The summed E-state index contributed by atoms with van der Waals surface area (Å²) >= 11 is 0. The monoisotopic (exact) mass is 268 g/mol. The van der Waals surface area contributed by atoms with Crippen molar-refractivity contribution >= 4 is 0 Å². The number of aromatic nitrogens is 1. The van der Waals surface area contributed by atoms with Crippen LogP contribution in [-0.2, 0) is 16.0 Å². The van der Waals surface area contributed by atoms with Gasteiger partial charge in [0, 0.05) is 25.8 Å². The van der Waals surface area contributed by atoms with E-state index in [9.17, 15) is 0 Å². The summed E-state index contributed by atoms with van der Waals surface area (Å²) < 4.78 is 15.7. The van der Waals surface area contributed by atoms with Crippen LogP contribution in [-0.4, -0.2) is 44.6 Å². The normalized spacial score (nSPS) is 10.9. The predicted octanol–water partition coefficient (Wildman–Crippen LogP) is 1.62. The second kappa shape index (κ2) is 9.72. The number of methoxy groups -OCH3 is 1. The number of hydrogen-bond acceptors (Lipinski definition) is 5. The van der Waals surface area contributed by atoms with E-state index in [1.807, 2.05) is 18.2 Å². The maximum atomic E-state index is 5.53. The van der Waals surface area contributed by atoms with Gasteiger partial charge in [-0.05, 0) is 6.07 Å². The predicted molar refractivity (Wildman–Crippen MR) is 74.4 cm³/mol. The van der Waals surface area contributed by atoms with Gasteiger partial charge in [-0.2, -0.15) is 0 Å². The highest BCUT2D eigenvalue weighted by atomic mass is 16.5. The molecule has 1 rings (SSSR count). The molecule has 1 aromatic heterocycles. The molecule has 0 radical (unpaired) electrons. The molecule has 0 unspecified atom stereocenters. The molecule has 0 aliphatic heterocycles. The number of nitrogens with one attached hydrogen (secondary N) is 1. The van der Waals surface area contributed by atoms with Crippen LogP contribution in [0, 0.1) is 0 Å². The van der Waals surface area contributed by atoms with Gasteiger partial charge in [0.25, 0.3) is 0 Å². The minimum atomic E-state index is 0.445. The minimum Gasteiger partial charge on any atom is -0.475 e. The Balaban J connectivity index is 2.24. The summed E-state index contributed by atoms with van der Waals surface area (Å²) in [5.74, 6) is 0.637. The fraction of sp³-hybridized carbons (Fsp3) is 0.643. The lowest BCUT2D eigenvalue weighted by Crippen LogP contribution is -2.22. The van der Waals surface area contributed by atoms with Gasteiger partial charge in [0.15, 0.2) is 0 Å². The lowest BCUT2D eigenvalue weighted by Gasteiger charge is -2.09. The van der Waals surface area contributed by atoms with Crippen LogP contribution in [0.2, 0.25) is 0 Å². The molecular formula is C14H24N2O3. The third-order valence-electron chi connectivity index (χ3n) is 2.38. The maximum Gasteiger partial charge on any atom is 0.213 e. The molecule has 0 spiro atoms. The minimum absolute atomic E-state index is 0.445. The molecule has 108 valence electrons. The molecule has 0 fully saturated rings. The topological polar surface area (TPSA) is 52.6 Å². The Morgan fingerprint density at radius 2 is 1.95 bits per heavy atom. The Hall–Kier alpha value is -1.17. The summed E-state index contributed by atoms with van der Waals surface area (Å²) in [6.07, 6.45) is 0. The lowest BCUT2D eigenvalue weighted by atomic mass is 10.3. The zero-order chi connectivity index (χ0) is 13.9. The molecular weight excluding hydrogens is 244 g/mol. The van der Waals surface area contributed by atoms with Gasteiger partial charge in [-0.3, -0.25) is 0 Å². The third kappa shape index (κ3) is 7.77. The number of rotatable bonds is 10. The van der Waals surface area contributed by atoms with E-state index in [0.29, 0.717) is 38.3 Å². The van der Waals surface area contributed by atoms with Crippen molar-refractivity contribution in [3.05, 3.63) is 23.9 Å². The van der Waals surface area contributed by atoms with E-state index in [1.54, 1.807) is 7.11 Å². The van der Waals surface area contributed by atoms with Gasteiger partial charge >= 0.3 is 0 Å². The van der Waals surface area contributed by atoms with Crippen molar-refractivity contribution in [2.24, 2.45) is 0 Å². The Labute approximate surface area is 115 Å². The molecule has 0 saturated heterocycles. The van der Waals surface area contributed by atoms with Crippen LogP contribution in [0.5, 0.6) is 5.88 Å². The number of pyridine rings is 1. The number of nitrogens with zero attached hydrogens (tertiary/aromatic N) is 1. The summed E-state index contributed by atoms with van der Waals surface area (Å²) in [4.78, 5) is 4.41. The van der Waals surface area contributed by atoms with Gasteiger partial charge in [-0.1, -0.05) is 19.9 Å². The third-order valence-corrected chi connectivity index (χ3v) is 2.38. The van der Waals surface area contributed by atoms with Gasteiger partial charge < -0.3 is 19.5 Å². The van der Waals surface area contributed by atoms with E-state index in [4.69, 9.17) is 14.2 Å². The SMILES string of the molecule is COCCOCCOc1cccc(CNC(C)C)n1. The van der Waals surface area contributed by atoms with Gasteiger partial charge in [-0.25, -0.2) is 4.98 Å². The highest BCUT2D eigenvalue weighted by Gasteiger charge is 2.00. The van der Waals surface area contributed by atoms with E-state index < -0.39 is 0 Å². The van der Waals surface area contributed by atoms with Crippen molar-refractivity contribution < 1.29 is 14.2 Å². The van der Waals surface area contributed by atoms with E-state index >= 15 is 0 Å². The molecule has 1 N–H and O–H groups in total. The summed E-state index contributed by atoms with van der Waals surface area (Å²) in [5.41, 5.74) is 0.978. The molecule has 1 aromatic rings. The molecule has 0 aromatic carbocycles. The van der Waals surface area contributed by atoms with Crippen LogP contribution in [0.1, 0.15) is 19.5 Å². The highest BCUT2D eigenvalue weighted by Crippen LogP contribution is 2.07.